The van der Waals surface area contributed by atoms with Crippen LogP contribution in [-0.4, -0.2) is 0 Å². The van der Waals surface area contributed by atoms with E-state index in [4.69, 9.17) is 5.73 Å². The summed E-state index contributed by atoms with van der Waals surface area (Å²) in [6.45, 7) is 0. The molecule has 0 fully saturated rings. The van der Waals surface area contributed by atoms with E-state index in [9.17, 15) is 4.39 Å². The molecule has 2 unspecified atom stereocenters. The number of aryl methyl sites for hydroxylation is 1. The number of hydrogen-bond donors (Lipinski definition) is 1. The van der Waals surface area contributed by atoms with Crippen LogP contribution in [0.4, 0.5) is 4.39 Å². The summed E-state index contributed by atoms with van der Waals surface area (Å²) in [7, 11) is 0. The van der Waals surface area contributed by atoms with Crippen molar-refractivity contribution in [3.63, 3.8) is 0 Å². The van der Waals surface area contributed by atoms with E-state index in [2.05, 4.69) is 40.2 Å². The van der Waals surface area contributed by atoms with Crippen molar-refractivity contribution in [3.8, 4) is 0 Å². The molecule has 1 aliphatic carbocycles. The molecule has 0 bridgehead atoms. The van der Waals surface area contributed by atoms with Crippen molar-refractivity contribution < 1.29 is 4.39 Å². The van der Waals surface area contributed by atoms with Crippen LogP contribution < -0.4 is 5.73 Å². The summed E-state index contributed by atoms with van der Waals surface area (Å²) in [6, 6.07) is 13.3. The topological polar surface area (TPSA) is 26.0 Å². The second kappa shape index (κ2) is 6.29. The fraction of sp³-hybridized carbons (Fsp3) is 0.333. The Morgan fingerprint density at radius 2 is 2.05 bits per heavy atom. The normalized spacial score (nSPS) is 19.1. The Labute approximate surface area is 133 Å². The van der Waals surface area contributed by atoms with Crippen molar-refractivity contribution in [2.45, 2.75) is 37.6 Å². The minimum Gasteiger partial charge on any atom is -0.324 e. The number of benzene rings is 2. The maximum Gasteiger partial charge on any atom is 0.128 e. The molecule has 2 aromatic carbocycles. The molecule has 3 rings (SSSR count). The molecular weight excluding hydrogens is 329 g/mol. The van der Waals surface area contributed by atoms with Crippen molar-refractivity contribution in [2.75, 3.05) is 0 Å². The predicted octanol–water partition coefficient (Wildman–Crippen LogP) is 5.10. The third-order valence-corrected chi connectivity index (χ3v) is 4.88. The number of nitrogens with two attached hydrogens (primary N) is 1. The summed E-state index contributed by atoms with van der Waals surface area (Å²) in [5.41, 5.74) is 9.72. The summed E-state index contributed by atoms with van der Waals surface area (Å²) < 4.78 is 14.8. The van der Waals surface area contributed by atoms with Gasteiger partial charge in [0, 0.05) is 16.1 Å². The molecular formula is C18H19BrFN. The van der Waals surface area contributed by atoms with Gasteiger partial charge < -0.3 is 5.73 Å². The molecule has 21 heavy (non-hydrogen) atoms. The largest absolute Gasteiger partial charge is 0.324 e. The summed E-state index contributed by atoms with van der Waals surface area (Å²) >= 11 is 3.39. The van der Waals surface area contributed by atoms with Gasteiger partial charge in [-0.2, -0.15) is 0 Å². The molecule has 0 saturated carbocycles. The van der Waals surface area contributed by atoms with Gasteiger partial charge in [0.1, 0.15) is 5.82 Å². The third-order valence-electron chi connectivity index (χ3n) is 4.39. The van der Waals surface area contributed by atoms with Crippen LogP contribution in [0, 0.1) is 5.82 Å². The Morgan fingerprint density at radius 3 is 2.90 bits per heavy atom. The molecule has 0 heterocycles. The van der Waals surface area contributed by atoms with Gasteiger partial charge in [0.15, 0.2) is 0 Å². The van der Waals surface area contributed by atoms with E-state index in [0.717, 1.165) is 23.7 Å². The first kappa shape index (κ1) is 14.7. The quantitative estimate of drug-likeness (QED) is 0.821. The summed E-state index contributed by atoms with van der Waals surface area (Å²) in [5.74, 6) is 0.220. The third kappa shape index (κ3) is 3.19. The zero-order valence-corrected chi connectivity index (χ0v) is 13.4. The lowest BCUT2D eigenvalue weighted by Crippen LogP contribution is -2.19. The molecule has 2 aromatic rings. The number of fused-ring (bicyclic) bond motifs is 1. The molecule has 0 radical (unpaired) electrons. The molecule has 2 N–H and O–H groups in total. The van der Waals surface area contributed by atoms with Crippen LogP contribution in [0.15, 0.2) is 46.9 Å². The molecule has 0 saturated heterocycles. The molecule has 3 heteroatoms. The smallest absolute Gasteiger partial charge is 0.128 e. The van der Waals surface area contributed by atoms with Gasteiger partial charge in [0.2, 0.25) is 0 Å². The second-order valence-electron chi connectivity index (χ2n) is 5.80. The van der Waals surface area contributed by atoms with E-state index in [1.165, 1.54) is 23.6 Å². The molecule has 0 aliphatic heterocycles. The monoisotopic (exact) mass is 347 g/mol. The predicted molar refractivity (Wildman–Crippen MR) is 87.8 cm³/mol. The lowest BCUT2D eigenvalue weighted by Gasteiger charge is -2.28. The first-order chi connectivity index (χ1) is 10.1. The maximum atomic E-state index is 14.0. The van der Waals surface area contributed by atoms with Crippen molar-refractivity contribution in [1.29, 1.82) is 0 Å². The van der Waals surface area contributed by atoms with Crippen molar-refractivity contribution >= 4 is 15.9 Å². The second-order valence-corrected chi connectivity index (χ2v) is 6.71. The van der Waals surface area contributed by atoms with E-state index < -0.39 is 0 Å². The summed E-state index contributed by atoms with van der Waals surface area (Å²) in [5, 5.41) is 0. The SMILES string of the molecule is NC(CC1CCCc2ccccc21)c1cc(Br)ccc1F. The van der Waals surface area contributed by atoms with E-state index >= 15 is 0 Å². The maximum absolute atomic E-state index is 14.0. The van der Waals surface area contributed by atoms with Crippen LogP contribution in [0.3, 0.4) is 0 Å². The lowest BCUT2D eigenvalue weighted by atomic mass is 9.79. The Bertz CT molecular complexity index is 641. The Hall–Kier alpha value is -1.19. The van der Waals surface area contributed by atoms with E-state index in [1.807, 2.05) is 0 Å². The first-order valence-electron chi connectivity index (χ1n) is 7.43. The van der Waals surface area contributed by atoms with Crippen LogP contribution in [0.1, 0.15) is 47.9 Å². The van der Waals surface area contributed by atoms with Gasteiger partial charge in [-0.15, -0.1) is 0 Å². The standard InChI is InChI=1S/C18H19BrFN/c19-14-8-9-17(20)16(11-14)18(21)10-13-6-3-5-12-4-1-2-7-15(12)13/h1-2,4,7-9,11,13,18H,3,5-6,10,21H2. The Balaban J connectivity index is 1.82. The number of hydrogen-bond acceptors (Lipinski definition) is 1. The van der Waals surface area contributed by atoms with E-state index in [1.54, 1.807) is 12.1 Å². The minimum atomic E-state index is -0.265. The highest BCUT2D eigenvalue weighted by molar-refractivity contribution is 9.10. The highest BCUT2D eigenvalue weighted by Crippen LogP contribution is 2.37. The summed E-state index contributed by atoms with van der Waals surface area (Å²) in [6.07, 6.45) is 4.27. The molecule has 1 aliphatic rings. The van der Waals surface area contributed by atoms with E-state index in [-0.39, 0.29) is 11.9 Å². The molecule has 1 nitrogen and oxygen atoms in total. The van der Waals surface area contributed by atoms with Gasteiger partial charge in [-0.3, -0.25) is 0 Å². The fourth-order valence-electron chi connectivity index (χ4n) is 3.33. The van der Waals surface area contributed by atoms with Gasteiger partial charge in [0.25, 0.3) is 0 Å². The van der Waals surface area contributed by atoms with Crippen LogP contribution in [-0.2, 0) is 6.42 Å². The van der Waals surface area contributed by atoms with Crippen LogP contribution in [0.2, 0.25) is 0 Å². The highest BCUT2D eigenvalue weighted by atomic mass is 79.9. The van der Waals surface area contributed by atoms with Crippen molar-refractivity contribution in [2.24, 2.45) is 5.73 Å². The fourth-order valence-corrected chi connectivity index (χ4v) is 3.71. The Morgan fingerprint density at radius 1 is 1.24 bits per heavy atom. The number of halogens is 2. The van der Waals surface area contributed by atoms with Crippen LogP contribution >= 0.6 is 15.9 Å². The van der Waals surface area contributed by atoms with E-state index in [0.29, 0.717) is 11.5 Å². The van der Waals surface area contributed by atoms with Crippen molar-refractivity contribution in [3.05, 3.63) is 69.4 Å². The summed E-state index contributed by atoms with van der Waals surface area (Å²) in [4.78, 5) is 0. The molecule has 110 valence electrons. The van der Waals surface area contributed by atoms with Gasteiger partial charge >= 0.3 is 0 Å². The van der Waals surface area contributed by atoms with Gasteiger partial charge in [-0.05, 0) is 60.9 Å². The average Bonchev–Trinajstić information content (AvgIpc) is 2.50. The molecule has 0 aromatic heterocycles. The highest BCUT2D eigenvalue weighted by Gasteiger charge is 2.23. The van der Waals surface area contributed by atoms with Gasteiger partial charge in [-0.25, -0.2) is 4.39 Å². The van der Waals surface area contributed by atoms with Crippen LogP contribution in [0.25, 0.3) is 0 Å². The Kier molecular flexibility index (Phi) is 4.41. The zero-order valence-electron chi connectivity index (χ0n) is 11.9. The first-order valence-corrected chi connectivity index (χ1v) is 8.23. The number of rotatable bonds is 3. The van der Waals surface area contributed by atoms with Crippen LogP contribution in [0.5, 0.6) is 0 Å². The molecule has 2 atom stereocenters. The molecule has 0 spiro atoms. The van der Waals surface area contributed by atoms with Crippen molar-refractivity contribution in [1.82, 2.24) is 0 Å². The van der Waals surface area contributed by atoms with Gasteiger partial charge in [-0.1, -0.05) is 40.2 Å². The minimum absolute atomic E-state index is 0.213. The van der Waals surface area contributed by atoms with Gasteiger partial charge in [0.05, 0.1) is 0 Å². The average molecular weight is 348 g/mol. The lowest BCUT2D eigenvalue weighted by molar-refractivity contribution is 0.464. The molecule has 0 amide bonds. The zero-order chi connectivity index (χ0) is 14.8.